The molecule has 1 atom stereocenters. The van der Waals surface area contributed by atoms with E-state index >= 15 is 0 Å². The van der Waals surface area contributed by atoms with Gasteiger partial charge in [0.2, 0.25) is 10.0 Å². The van der Waals surface area contributed by atoms with Gasteiger partial charge in [-0.25, -0.2) is 17.9 Å². The van der Waals surface area contributed by atoms with E-state index in [1.54, 1.807) is 6.07 Å². The highest BCUT2D eigenvalue weighted by atomic mass is 32.2. The average molecular weight is 378 g/mol. The van der Waals surface area contributed by atoms with Crippen LogP contribution in [0.3, 0.4) is 0 Å². The first-order valence-electron chi connectivity index (χ1n) is 8.19. The lowest BCUT2D eigenvalue weighted by atomic mass is 9.83. The molecule has 0 saturated carbocycles. The van der Waals surface area contributed by atoms with E-state index in [-0.39, 0.29) is 11.4 Å². The number of oxazole rings is 1. The predicted molar refractivity (Wildman–Crippen MR) is 92.2 cm³/mol. The number of fused-ring (bicyclic) bond motifs is 2. The lowest BCUT2D eigenvalue weighted by molar-refractivity contribution is 0.0221. The lowest BCUT2D eigenvalue weighted by Crippen LogP contribution is -2.42. The molecule has 0 radical (unpaired) electrons. The summed E-state index contributed by atoms with van der Waals surface area (Å²) in [6.45, 7) is -0.162. The lowest BCUT2D eigenvalue weighted by Gasteiger charge is -2.31. The Balaban J connectivity index is 1.62. The first-order valence-corrected chi connectivity index (χ1v) is 9.67. The summed E-state index contributed by atoms with van der Waals surface area (Å²) in [7, 11) is -2.38. The molecule has 1 aliphatic rings. The SMILES string of the molecule is Cn1c(=O)oc2ccc(S(=O)(=O)NCC3(O)CCCc4occc43)cc21. The third kappa shape index (κ3) is 2.68. The van der Waals surface area contributed by atoms with Crippen LogP contribution < -0.4 is 10.5 Å². The van der Waals surface area contributed by atoms with E-state index in [4.69, 9.17) is 8.83 Å². The van der Waals surface area contributed by atoms with Gasteiger partial charge in [-0.05, 0) is 37.1 Å². The fraction of sp³-hybridized carbons (Fsp3) is 0.353. The Bertz CT molecular complexity index is 1140. The Morgan fingerprint density at radius 2 is 2.15 bits per heavy atom. The van der Waals surface area contributed by atoms with Crippen molar-refractivity contribution in [3.8, 4) is 0 Å². The number of rotatable bonds is 4. The zero-order valence-corrected chi connectivity index (χ0v) is 14.9. The van der Waals surface area contributed by atoms with Gasteiger partial charge in [-0.1, -0.05) is 0 Å². The molecule has 138 valence electrons. The van der Waals surface area contributed by atoms with Crippen molar-refractivity contribution in [1.82, 2.24) is 9.29 Å². The molecule has 0 fully saturated rings. The minimum atomic E-state index is -3.88. The number of nitrogens with one attached hydrogen (secondary N) is 1. The minimum Gasteiger partial charge on any atom is -0.469 e. The van der Waals surface area contributed by atoms with E-state index in [0.29, 0.717) is 35.3 Å². The van der Waals surface area contributed by atoms with Crippen molar-refractivity contribution >= 4 is 21.1 Å². The summed E-state index contributed by atoms with van der Waals surface area (Å²) in [4.78, 5) is 11.5. The van der Waals surface area contributed by atoms with Crippen molar-refractivity contribution in [2.45, 2.75) is 29.8 Å². The van der Waals surface area contributed by atoms with Crippen LogP contribution in [0.2, 0.25) is 0 Å². The zero-order chi connectivity index (χ0) is 18.5. The number of hydrogen-bond donors (Lipinski definition) is 2. The smallest absolute Gasteiger partial charge is 0.419 e. The number of aliphatic hydroxyl groups is 1. The van der Waals surface area contributed by atoms with E-state index < -0.39 is 21.4 Å². The highest BCUT2D eigenvalue weighted by Crippen LogP contribution is 2.35. The molecule has 2 aromatic heterocycles. The normalized spacial score (nSPS) is 20.4. The molecule has 1 aliphatic carbocycles. The number of nitrogens with zero attached hydrogens (tertiary/aromatic N) is 1. The maximum absolute atomic E-state index is 12.7. The van der Waals surface area contributed by atoms with Crippen molar-refractivity contribution in [3.63, 3.8) is 0 Å². The molecule has 4 rings (SSSR count). The average Bonchev–Trinajstić information content (AvgIpc) is 3.20. The van der Waals surface area contributed by atoms with Gasteiger partial charge in [0.25, 0.3) is 0 Å². The third-order valence-electron chi connectivity index (χ3n) is 4.87. The number of hydrogen-bond acceptors (Lipinski definition) is 6. The maximum atomic E-state index is 12.7. The summed E-state index contributed by atoms with van der Waals surface area (Å²) in [6.07, 6.45) is 3.38. The second-order valence-electron chi connectivity index (χ2n) is 6.52. The topological polar surface area (TPSA) is 115 Å². The molecule has 0 saturated heterocycles. The third-order valence-corrected chi connectivity index (χ3v) is 6.27. The molecule has 0 spiro atoms. The summed E-state index contributed by atoms with van der Waals surface area (Å²) in [5.41, 5.74) is 0.0103. The molecule has 0 aliphatic heterocycles. The molecule has 9 heteroatoms. The van der Waals surface area contributed by atoms with E-state index in [1.807, 2.05) is 0 Å². The second-order valence-corrected chi connectivity index (χ2v) is 8.29. The number of furan rings is 1. The molecule has 2 heterocycles. The van der Waals surface area contributed by atoms with Gasteiger partial charge in [-0.15, -0.1) is 0 Å². The van der Waals surface area contributed by atoms with Crippen LogP contribution in [-0.4, -0.2) is 24.6 Å². The van der Waals surface area contributed by atoms with Crippen LogP contribution in [-0.2, 0) is 29.1 Å². The standard InChI is InChI=1S/C17H18N2O6S/c1-19-13-9-11(4-5-15(13)25-16(19)20)26(22,23)18-10-17(21)7-2-3-14-12(17)6-8-24-14/h4-6,8-9,18,21H,2-3,7,10H2,1H3. The summed E-state index contributed by atoms with van der Waals surface area (Å²) >= 11 is 0. The Morgan fingerprint density at radius 1 is 1.35 bits per heavy atom. The Morgan fingerprint density at radius 3 is 2.96 bits per heavy atom. The largest absolute Gasteiger partial charge is 0.469 e. The molecule has 3 aromatic rings. The van der Waals surface area contributed by atoms with E-state index in [1.165, 1.54) is 36.1 Å². The zero-order valence-electron chi connectivity index (χ0n) is 14.1. The molecule has 0 bridgehead atoms. The quantitative estimate of drug-likeness (QED) is 0.706. The van der Waals surface area contributed by atoms with Crippen LogP contribution in [0.5, 0.6) is 0 Å². The van der Waals surface area contributed by atoms with E-state index in [2.05, 4.69) is 4.72 Å². The van der Waals surface area contributed by atoms with Crippen LogP contribution in [0.4, 0.5) is 0 Å². The number of sulfonamides is 1. The number of aryl methyl sites for hydroxylation is 2. The Labute approximate surface area is 149 Å². The first-order chi connectivity index (χ1) is 12.3. The molecule has 1 unspecified atom stereocenters. The van der Waals surface area contributed by atoms with Gasteiger partial charge in [-0.3, -0.25) is 4.57 Å². The highest BCUT2D eigenvalue weighted by molar-refractivity contribution is 7.89. The Kier molecular flexibility index (Phi) is 3.83. The van der Waals surface area contributed by atoms with Crippen LogP contribution in [0.25, 0.3) is 11.1 Å². The summed E-state index contributed by atoms with van der Waals surface area (Å²) in [5.74, 6) is 0.124. The van der Waals surface area contributed by atoms with Gasteiger partial charge < -0.3 is 13.9 Å². The molecular formula is C17H18N2O6S. The molecule has 1 aromatic carbocycles. The van der Waals surface area contributed by atoms with Crippen molar-refractivity contribution in [2.24, 2.45) is 7.05 Å². The molecule has 0 amide bonds. The molecular weight excluding hydrogens is 360 g/mol. The summed E-state index contributed by atoms with van der Waals surface area (Å²) in [5, 5.41) is 10.9. The van der Waals surface area contributed by atoms with Gasteiger partial charge in [-0.2, -0.15) is 0 Å². The second kappa shape index (κ2) is 5.83. The van der Waals surface area contributed by atoms with Crippen molar-refractivity contribution in [1.29, 1.82) is 0 Å². The van der Waals surface area contributed by atoms with Crippen molar-refractivity contribution < 1.29 is 22.4 Å². The first kappa shape index (κ1) is 17.1. The van der Waals surface area contributed by atoms with Gasteiger partial charge in [0, 0.05) is 25.6 Å². The Hall–Kier alpha value is -2.36. The van der Waals surface area contributed by atoms with Gasteiger partial charge in [0.15, 0.2) is 5.58 Å². The maximum Gasteiger partial charge on any atom is 0.419 e. The number of aromatic nitrogens is 1. The van der Waals surface area contributed by atoms with Gasteiger partial charge >= 0.3 is 5.76 Å². The van der Waals surface area contributed by atoms with Crippen LogP contribution in [0.1, 0.15) is 24.2 Å². The van der Waals surface area contributed by atoms with Crippen molar-refractivity contribution in [3.05, 3.63) is 52.4 Å². The molecule has 8 nitrogen and oxygen atoms in total. The monoisotopic (exact) mass is 378 g/mol. The van der Waals surface area contributed by atoms with Crippen molar-refractivity contribution in [2.75, 3.05) is 6.54 Å². The molecule has 26 heavy (non-hydrogen) atoms. The van der Waals surface area contributed by atoms with Gasteiger partial charge in [0.1, 0.15) is 11.4 Å². The van der Waals surface area contributed by atoms with Crippen LogP contribution in [0, 0.1) is 0 Å². The predicted octanol–water partition coefficient (Wildman–Crippen LogP) is 1.23. The highest BCUT2D eigenvalue weighted by Gasteiger charge is 2.37. The summed E-state index contributed by atoms with van der Waals surface area (Å²) in [6, 6.07) is 5.85. The fourth-order valence-electron chi connectivity index (χ4n) is 3.38. The van der Waals surface area contributed by atoms with Crippen LogP contribution >= 0.6 is 0 Å². The van der Waals surface area contributed by atoms with E-state index in [9.17, 15) is 18.3 Å². The van der Waals surface area contributed by atoms with E-state index in [0.717, 1.165) is 6.42 Å². The summed E-state index contributed by atoms with van der Waals surface area (Å²) < 4.78 is 39.4. The van der Waals surface area contributed by atoms with Crippen LogP contribution in [0.15, 0.2) is 49.1 Å². The number of benzene rings is 1. The van der Waals surface area contributed by atoms with Gasteiger partial charge in [0.05, 0.1) is 16.7 Å². The fourth-order valence-corrected chi connectivity index (χ4v) is 4.49. The minimum absolute atomic E-state index is 0.00627. The molecule has 2 N–H and O–H groups in total.